The largest absolute Gasteiger partial charge is 0.434 e. The van der Waals surface area contributed by atoms with E-state index in [0.717, 1.165) is 6.61 Å². The fourth-order valence-electron chi connectivity index (χ4n) is 2.01. The van der Waals surface area contributed by atoms with Crippen LogP contribution in [0.15, 0.2) is 12.3 Å². The van der Waals surface area contributed by atoms with E-state index < -0.39 is 25.2 Å². The SMILES string of the molecule is C1CC[SiH2]OC1.C=C[Si](C)(O[Si](C)(C)C)O[Si](C)(C)C. The highest BCUT2D eigenvalue weighted by molar-refractivity contribution is 6.89. The normalized spacial score (nSPS) is 18.4. The zero-order chi connectivity index (χ0) is 15.9. The Kier molecular flexibility index (Phi) is 9.03. The monoisotopic (exact) mass is 350 g/mol. The molecule has 0 saturated carbocycles. The molecule has 0 aromatic carbocycles. The van der Waals surface area contributed by atoms with Gasteiger partial charge < -0.3 is 12.7 Å². The summed E-state index contributed by atoms with van der Waals surface area (Å²) in [6, 6.07) is 1.42. The van der Waals surface area contributed by atoms with Gasteiger partial charge in [-0.1, -0.05) is 12.1 Å². The predicted octanol–water partition coefficient (Wildman–Crippen LogP) is 3.79. The van der Waals surface area contributed by atoms with Gasteiger partial charge in [0.1, 0.15) is 0 Å². The molecule has 1 rings (SSSR count). The van der Waals surface area contributed by atoms with Gasteiger partial charge in [-0.2, -0.15) is 0 Å². The minimum Gasteiger partial charge on any atom is -0.434 e. The van der Waals surface area contributed by atoms with Crippen molar-refractivity contribution in [3.63, 3.8) is 0 Å². The lowest BCUT2D eigenvalue weighted by Crippen LogP contribution is -2.51. The molecule has 1 aliphatic heterocycles. The molecule has 120 valence electrons. The van der Waals surface area contributed by atoms with Crippen LogP contribution in [0.4, 0.5) is 0 Å². The molecule has 1 saturated heterocycles. The van der Waals surface area contributed by atoms with Gasteiger partial charge in [-0.15, -0.1) is 6.58 Å². The molecular formula is C13H34O3Si4. The fourth-order valence-corrected chi connectivity index (χ4v) is 14.1. The molecule has 0 radical (unpaired) electrons. The van der Waals surface area contributed by atoms with Gasteiger partial charge in [-0.05, 0) is 58.3 Å². The van der Waals surface area contributed by atoms with Gasteiger partial charge in [0.25, 0.3) is 0 Å². The zero-order valence-electron chi connectivity index (χ0n) is 14.5. The fraction of sp³-hybridized carbons (Fsp3) is 0.846. The van der Waals surface area contributed by atoms with Gasteiger partial charge in [-0.25, -0.2) is 0 Å². The molecule has 3 nitrogen and oxygen atoms in total. The topological polar surface area (TPSA) is 27.7 Å². The van der Waals surface area contributed by atoms with E-state index >= 15 is 0 Å². The van der Waals surface area contributed by atoms with E-state index in [1.54, 1.807) is 0 Å². The highest BCUT2D eigenvalue weighted by atomic mass is 28.5. The second kappa shape index (κ2) is 8.82. The van der Waals surface area contributed by atoms with Crippen molar-refractivity contribution in [2.24, 2.45) is 0 Å². The molecule has 0 aromatic rings. The number of hydrogen-bond donors (Lipinski definition) is 0. The molecule has 0 spiro atoms. The molecule has 0 N–H and O–H groups in total. The Balaban J connectivity index is 0.000000493. The Hall–Kier alpha value is 0.488. The lowest BCUT2D eigenvalue weighted by atomic mass is 10.4. The van der Waals surface area contributed by atoms with Gasteiger partial charge >= 0.3 is 8.56 Å². The van der Waals surface area contributed by atoms with E-state index in [-0.39, 0.29) is 9.76 Å². The van der Waals surface area contributed by atoms with Crippen molar-refractivity contribution in [3.05, 3.63) is 12.3 Å². The summed E-state index contributed by atoms with van der Waals surface area (Å²) >= 11 is 0. The quantitative estimate of drug-likeness (QED) is 0.706. The third kappa shape index (κ3) is 12.2. The molecule has 0 atom stereocenters. The first-order valence-corrected chi connectivity index (χ1v) is 18.4. The maximum Gasteiger partial charge on any atom is 0.340 e. The number of hydrogen-bond acceptors (Lipinski definition) is 3. The van der Waals surface area contributed by atoms with Crippen molar-refractivity contribution >= 4 is 35.0 Å². The maximum atomic E-state index is 6.12. The highest BCUT2D eigenvalue weighted by Gasteiger charge is 2.37. The van der Waals surface area contributed by atoms with Gasteiger partial charge in [0.05, 0.1) is 0 Å². The Bertz CT molecular complexity index is 253. The van der Waals surface area contributed by atoms with Crippen LogP contribution in [0.1, 0.15) is 12.8 Å². The summed E-state index contributed by atoms with van der Waals surface area (Å²) in [5.41, 5.74) is 1.91. The van der Waals surface area contributed by atoms with Crippen LogP contribution in [0.3, 0.4) is 0 Å². The van der Waals surface area contributed by atoms with Crippen LogP contribution in [0, 0.1) is 0 Å². The first kappa shape index (κ1) is 20.5. The maximum absolute atomic E-state index is 6.12. The smallest absolute Gasteiger partial charge is 0.340 e. The Morgan fingerprint density at radius 3 is 1.60 bits per heavy atom. The average Bonchev–Trinajstić information content (AvgIpc) is 2.27. The van der Waals surface area contributed by atoms with Gasteiger partial charge in [0, 0.05) is 6.61 Å². The van der Waals surface area contributed by atoms with Crippen molar-refractivity contribution < 1.29 is 12.7 Å². The van der Waals surface area contributed by atoms with E-state index in [2.05, 4.69) is 52.4 Å². The zero-order valence-corrected chi connectivity index (χ0v) is 19.0. The summed E-state index contributed by atoms with van der Waals surface area (Å²) in [6.07, 6.45) is 2.75. The molecular weight excluding hydrogens is 316 g/mol. The van der Waals surface area contributed by atoms with Crippen LogP contribution in [0.25, 0.3) is 0 Å². The summed E-state index contributed by atoms with van der Waals surface area (Å²) in [5, 5.41) is 0. The summed E-state index contributed by atoms with van der Waals surface area (Å²) in [5.74, 6) is 0. The molecule has 0 aromatic heterocycles. The van der Waals surface area contributed by atoms with Crippen molar-refractivity contribution in [1.29, 1.82) is 0 Å². The molecule has 0 unspecified atom stereocenters. The molecule has 0 aliphatic carbocycles. The standard InChI is InChI=1S/C9H24O2Si3.C4H10OSi/c1-9-14(8,10-12(2,3)4)11-13(5,6)7;1-2-4-6-5-3-1/h9H,1H2,2-8H3;1-4,6H2. The average molecular weight is 351 g/mol. The van der Waals surface area contributed by atoms with E-state index in [9.17, 15) is 0 Å². The van der Waals surface area contributed by atoms with Crippen LogP contribution in [-0.4, -0.2) is 41.6 Å². The molecule has 1 heterocycles. The van der Waals surface area contributed by atoms with Gasteiger partial charge in [-0.3, -0.25) is 0 Å². The van der Waals surface area contributed by atoms with Crippen molar-refractivity contribution in [3.8, 4) is 0 Å². The Morgan fingerprint density at radius 2 is 1.45 bits per heavy atom. The predicted molar refractivity (Wildman–Crippen MR) is 99.2 cm³/mol. The van der Waals surface area contributed by atoms with E-state index in [0.29, 0.717) is 0 Å². The lowest BCUT2D eigenvalue weighted by molar-refractivity contribution is 0.304. The van der Waals surface area contributed by atoms with E-state index in [4.69, 9.17) is 12.7 Å². The van der Waals surface area contributed by atoms with Gasteiger partial charge in [0.2, 0.25) is 0 Å². The van der Waals surface area contributed by atoms with Crippen LogP contribution in [-0.2, 0) is 12.7 Å². The molecule has 1 fully saturated rings. The molecule has 1 aliphatic rings. The number of rotatable bonds is 5. The minimum atomic E-state index is -2.11. The lowest BCUT2D eigenvalue weighted by Gasteiger charge is -2.36. The second-order valence-electron chi connectivity index (χ2n) is 7.32. The molecule has 20 heavy (non-hydrogen) atoms. The van der Waals surface area contributed by atoms with E-state index in [1.807, 2.05) is 5.70 Å². The summed E-state index contributed by atoms with van der Waals surface area (Å²) in [6.45, 7) is 20.2. The molecule has 7 heteroatoms. The van der Waals surface area contributed by atoms with E-state index in [1.165, 1.54) is 18.9 Å². The van der Waals surface area contributed by atoms with Crippen LogP contribution >= 0.6 is 0 Å². The minimum absolute atomic E-state index is 0.00849. The third-order valence-electron chi connectivity index (χ3n) is 2.47. The molecule has 0 amide bonds. The van der Waals surface area contributed by atoms with Gasteiger partial charge in [0.15, 0.2) is 26.4 Å². The van der Waals surface area contributed by atoms with Crippen molar-refractivity contribution in [1.82, 2.24) is 0 Å². The molecule has 0 bridgehead atoms. The first-order chi connectivity index (χ1) is 8.97. The van der Waals surface area contributed by atoms with Crippen molar-refractivity contribution in [2.75, 3.05) is 6.61 Å². The van der Waals surface area contributed by atoms with Crippen LogP contribution in [0.5, 0.6) is 0 Å². The Morgan fingerprint density at radius 1 is 0.950 bits per heavy atom. The Labute approximate surface area is 131 Å². The third-order valence-corrected chi connectivity index (χ3v) is 12.7. The first-order valence-electron chi connectivity index (χ1n) is 7.59. The van der Waals surface area contributed by atoms with Crippen molar-refractivity contribution in [2.45, 2.75) is 64.7 Å². The summed E-state index contributed by atoms with van der Waals surface area (Å²) in [7, 11) is -5.15. The summed E-state index contributed by atoms with van der Waals surface area (Å²) in [4.78, 5) is 0. The summed E-state index contributed by atoms with van der Waals surface area (Å²) < 4.78 is 17.5. The van der Waals surface area contributed by atoms with Crippen LogP contribution < -0.4 is 0 Å². The highest BCUT2D eigenvalue weighted by Crippen LogP contribution is 2.20. The second-order valence-corrected chi connectivity index (χ2v) is 21.4. The van der Waals surface area contributed by atoms with Crippen LogP contribution in [0.2, 0.25) is 51.9 Å².